The van der Waals surface area contributed by atoms with Crippen LogP contribution in [0.4, 0.5) is 0 Å². The number of esters is 1. The monoisotopic (exact) mass is 260 g/mol. The summed E-state index contributed by atoms with van der Waals surface area (Å²) in [6.07, 6.45) is 5.74. The molecule has 0 radical (unpaired) electrons. The standard InChI is InChI=1S/C16H20O3/c1-12(17)19-16-9-5-8-14(16)15(18)11-10-13-6-3-2-4-7-13/h2-4,6-7,10-11,14-16,18H,5,8-9H2,1H3/b11-10+/t14-,15-,16+/m0/s1. The molecule has 3 heteroatoms. The van der Waals surface area contributed by atoms with Gasteiger partial charge in [0.05, 0.1) is 6.10 Å². The minimum Gasteiger partial charge on any atom is -0.462 e. The highest BCUT2D eigenvalue weighted by Crippen LogP contribution is 2.31. The zero-order chi connectivity index (χ0) is 13.7. The molecule has 0 aliphatic heterocycles. The van der Waals surface area contributed by atoms with Crippen LogP contribution in [0.15, 0.2) is 36.4 Å². The Labute approximate surface area is 113 Å². The van der Waals surface area contributed by atoms with Crippen molar-refractivity contribution in [3.8, 4) is 0 Å². The molecular formula is C16H20O3. The fraction of sp³-hybridized carbons (Fsp3) is 0.438. The Kier molecular flexibility index (Phi) is 4.74. The molecule has 19 heavy (non-hydrogen) atoms. The second kappa shape index (κ2) is 6.53. The lowest BCUT2D eigenvalue weighted by Gasteiger charge is -2.22. The van der Waals surface area contributed by atoms with Crippen LogP contribution in [0.3, 0.4) is 0 Å². The summed E-state index contributed by atoms with van der Waals surface area (Å²) in [4.78, 5) is 11.0. The van der Waals surface area contributed by atoms with E-state index in [0.717, 1.165) is 24.8 Å². The molecule has 0 aromatic heterocycles. The maximum absolute atomic E-state index is 11.0. The number of hydrogen-bond donors (Lipinski definition) is 1. The summed E-state index contributed by atoms with van der Waals surface area (Å²) >= 11 is 0. The van der Waals surface area contributed by atoms with Gasteiger partial charge in [0, 0.05) is 12.8 Å². The predicted octanol–water partition coefficient (Wildman–Crippen LogP) is 2.79. The molecule has 0 heterocycles. The van der Waals surface area contributed by atoms with Crippen molar-refractivity contribution in [3.05, 3.63) is 42.0 Å². The van der Waals surface area contributed by atoms with Crippen molar-refractivity contribution in [2.24, 2.45) is 5.92 Å². The number of benzene rings is 1. The van der Waals surface area contributed by atoms with E-state index in [-0.39, 0.29) is 18.0 Å². The number of aliphatic hydroxyl groups excluding tert-OH is 1. The van der Waals surface area contributed by atoms with E-state index in [9.17, 15) is 9.90 Å². The molecule has 102 valence electrons. The first-order valence-corrected chi connectivity index (χ1v) is 6.75. The third-order valence-corrected chi connectivity index (χ3v) is 3.55. The summed E-state index contributed by atoms with van der Waals surface area (Å²) in [5.41, 5.74) is 1.06. The van der Waals surface area contributed by atoms with Crippen LogP contribution in [-0.2, 0) is 9.53 Å². The van der Waals surface area contributed by atoms with Gasteiger partial charge in [0.15, 0.2) is 0 Å². The van der Waals surface area contributed by atoms with E-state index in [4.69, 9.17) is 4.74 Å². The fourth-order valence-electron chi connectivity index (χ4n) is 2.62. The second-order valence-electron chi connectivity index (χ2n) is 5.00. The van der Waals surface area contributed by atoms with E-state index in [1.807, 2.05) is 36.4 Å². The van der Waals surface area contributed by atoms with Crippen LogP contribution in [0, 0.1) is 5.92 Å². The van der Waals surface area contributed by atoms with Crippen LogP contribution in [0.25, 0.3) is 6.08 Å². The van der Waals surface area contributed by atoms with Gasteiger partial charge in [-0.1, -0.05) is 42.5 Å². The molecule has 1 fully saturated rings. The van der Waals surface area contributed by atoms with E-state index in [1.165, 1.54) is 6.92 Å². The molecule has 1 saturated carbocycles. The number of carbonyl (C=O) groups excluding carboxylic acids is 1. The molecule has 0 spiro atoms. The molecule has 2 rings (SSSR count). The molecule has 1 aromatic carbocycles. The first-order chi connectivity index (χ1) is 9.16. The molecule has 3 atom stereocenters. The van der Waals surface area contributed by atoms with Gasteiger partial charge in [0.25, 0.3) is 0 Å². The Balaban J connectivity index is 1.97. The molecule has 0 bridgehead atoms. The van der Waals surface area contributed by atoms with Crippen LogP contribution < -0.4 is 0 Å². The van der Waals surface area contributed by atoms with E-state index in [0.29, 0.717) is 0 Å². The van der Waals surface area contributed by atoms with Crippen molar-refractivity contribution in [1.29, 1.82) is 0 Å². The van der Waals surface area contributed by atoms with Gasteiger partial charge in [-0.25, -0.2) is 0 Å². The lowest BCUT2D eigenvalue weighted by Crippen LogP contribution is -2.29. The number of aliphatic hydroxyl groups is 1. The lowest BCUT2D eigenvalue weighted by molar-refractivity contribution is -0.149. The van der Waals surface area contributed by atoms with Crippen molar-refractivity contribution in [1.82, 2.24) is 0 Å². The average molecular weight is 260 g/mol. The summed E-state index contributed by atoms with van der Waals surface area (Å²) in [7, 11) is 0. The Morgan fingerprint density at radius 2 is 2.11 bits per heavy atom. The van der Waals surface area contributed by atoms with Gasteiger partial charge in [0.1, 0.15) is 6.10 Å². The molecule has 1 aliphatic rings. The van der Waals surface area contributed by atoms with Crippen LogP contribution in [-0.4, -0.2) is 23.3 Å². The lowest BCUT2D eigenvalue weighted by atomic mass is 9.97. The molecule has 3 nitrogen and oxygen atoms in total. The molecule has 1 aliphatic carbocycles. The molecular weight excluding hydrogens is 240 g/mol. The van der Waals surface area contributed by atoms with E-state index in [1.54, 1.807) is 6.08 Å². The van der Waals surface area contributed by atoms with Crippen LogP contribution >= 0.6 is 0 Å². The zero-order valence-electron chi connectivity index (χ0n) is 11.2. The van der Waals surface area contributed by atoms with Crippen molar-refractivity contribution in [2.45, 2.75) is 38.4 Å². The zero-order valence-corrected chi connectivity index (χ0v) is 11.2. The summed E-state index contributed by atoms with van der Waals surface area (Å²) in [6, 6.07) is 9.86. The second-order valence-corrected chi connectivity index (χ2v) is 5.00. The maximum Gasteiger partial charge on any atom is 0.302 e. The van der Waals surface area contributed by atoms with Crippen LogP contribution in [0.5, 0.6) is 0 Å². The fourth-order valence-corrected chi connectivity index (χ4v) is 2.62. The largest absolute Gasteiger partial charge is 0.462 e. The quantitative estimate of drug-likeness (QED) is 0.847. The van der Waals surface area contributed by atoms with Gasteiger partial charge in [-0.2, -0.15) is 0 Å². The van der Waals surface area contributed by atoms with Crippen molar-refractivity contribution < 1.29 is 14.6 Å². The van der Waals surface area contributed by atoms with E-state index in [2.05, 4.69) is 0 Å². The van der Waals surface area contributed by atoms with Crippen molar-refractivity contribution in [3.63, 3.8) is 0 Å². The Bertz CT molecular complexity index is 439. The van der Waals surface area contributed by atoms with E-state index < -0.39 is 6.10 Å². The van der Waals surface area contributed by atoms with Crippen molar-refractivity contribution >= 4 is 12.0 Å². The molecule has 0 saturated heterocycles. The van der Waals surface area contributed by atoms with Gasteiger partial charge < -0.3 is 9.84 Å². The van der Waals surface area contributed by atoms with Crippen LogP contribution in [0.1, 0.15) is 31.7 Å². The highest BCUT2D eigenvalue weighted by Gasteiger charge is 2.33. The molecule has 0 amide bonds. The van der Waals surface area contributed by atoms with Gasteiger partial charge >= 0.3 is 5.97 Å². The van der Waals surface area contributed by atoms with E-state index >= 15 is 0 Å². The highest BCUT2D eigenvalue weighted by atomic mass is 16.5. The third-order valence-electron chi connectivity index (χ3n) is 3.55. The summed E-state index contributed by atoms with van der Waals surface area (Å²) in [5.74, 6) is -0.250. The average Bonchev–Trinajstić information content (AvgIpc) is 2.84. The highest BCUT2D eigenvalue weighted by molar-refractivity contribution is 5.66. The first-order valence-electron chi connectivity index (χ1n) is 6.75. The minimum atomic E-state index is -0.563. The summed E-state index contributed by atoms with van der Waals surface area (Å²) in [6.45, 7) is 1.42. The van der Waals surface area contributed by atoms with Gasteiger partial charge in [0.2, 0.25) is 0 Å². The molecule has 1 aromatic rings. The Morgan fingerprint density at radius 3 is 2.79 bits per heavy atom. The summed E-state index contributed by atoms with van der Waals surface area (Å²) < 4.78 is 5.26. The van der Waals surface area contributed by atoms with Gasteiger partial charge in [-0.3, -0.25) is 4.79 Å². The topological polar surface area (TPSA) is 46.5 Å². The van der Waals surface area contributed by atoms with Crippen LogP contribution in [0.2, 0.25) is 0 Å². The maximum atomic E-state index is 11.0. The van der Waals surface area contributed by atoms with Gasteiger partial charge in [-0.05, 0) is 24.8 Å². The normalized spacial score (nSPS) is 24.5. The number of hydrogen-bond acceptors (Lipinski definition) is 3. The van der Waals surface area contributed by atoms with Crippen molar-refractivity contribution in [2.75, 3.05) is 0 Å². The molecule has 1 N–H and O–H groups in total. The number of rotatable bonds is 4. The Hall–Kier alpha value is -1.61. The first kappa shape index (κ1) is 13.8. The Morgan fingerprint density at radius 1 is 1.37 bits per heavy atom. The smallest absolute Gasteiger partial charge is 0.302 e. The SMILES string of the molecule is CC(=O)O[C@@H]1CCC[C@H]1[C@@H](O)/C=C/c1ccccc1. The molecule has 0 unspecified atom stereocenters. The number of ether oxygens (including phenoxy) is 1. The minimum absolute atomic E-state index is 0.0175. The predicted molar refractivity (Wildman–Crippen MR) is 74.4 cm³/mol. The summed E-state index contributed by atoms with van der Waals surface area (Å²) in [5, 5.41) is 10.2. The third kappa shape index (κ3) is 3.93. The number of carbonyl (C=O) groups is 1. The van der Waals surface area contributed by atoms with Gasteiger partial charge in [-0.15, -0.1) is 0 Å².